The summed E-state index contributed by atoms with van der Waals surface area (Å²) in [4.78, 5) is 11.7. The number of aryl methyl sites for hydroxylation is 2. The maximum atomic E-state index is 11.7. The van der Waals surface area contributed by atoms with Crippen molar-refractivity contribution in [2.75, 3.05) is 0 Å². The van der Waals surface area contributed by atoms with Crippen LogP contribution in [0, 0.1) is 6.92 Å². The third-order valence-corrected chi connectivity index (χ3v) is 3.70. The van der Waals surface area contributed by atoms with Gasteiger partial charge in [-0.1, -0.05) is 12.1 Å². The number of furan rings is 1. The van der Waals surface area contributed by atoms with Gasteiger partial charge in [-0.2, -0.15) is 0 Å². The van der Waals surface area contributed by atoms with E-state index in [-0.39, 0.29) is 5.63 Å². The molecule has 5 nitrogen and oxygen atoms in total. The fourth-order valence-corrected chi connectivity index (χ4v) is 2.70. The van der Waals surface area contributed by atoms with Crippen molar-refractivity contribution >= 4 is 27.7 Å². The Morgan fingerprint density at radius 3 is 2.76 bits per heavy atom. The number of fused-ring (bicyclic) bond motifs is 3. The molecule has 0 amide bonds. The molecule has 2 aromatic heterocycles. The predicted octanol–water partition coefficient (Wildman–Crippen LogP) is 3.61. The molecular formula is C16H15NO4. The second-order valence-corrected chi connectivity index (χ2v) is 5.01. The van der Waals surface area contributed by atoms with Gasteiger partial charge in [-0.3, -0.25) is 0 Å². The summed E-state index contributed by atoms with van der Waals surface area (Å²) in [5, 5.41) is 13.8. The molecule has 0 saturated carbocycles. The number of benzene rings is 1. The molecule has 1 aromatic carbocycles. The summed E-state index contributed by atoms with van der Waals surface area (Å²) in [5.74, 6) is 0.520. The monoisotopic (exact) mass is 285 g/mol. The van der Waals surface area contributed by atoms with Crippen LogP contribution in [0.25, 0.3) is 21.9 Å². The first kappa shape index (κ1) is 13.4. The Hall–Kier alpha value is -2.56. The first-order valence-corrected chi connectivity index (χ1v) is 6.74. The van der Waals surface area contributed by atoms with E-state index in [0.717, 1.165) is 21.9 Å². The minimum absolute atomic E-state index is 0.384. The molecule has 21 heavy (non-hydrogen) atoms. The van der Waals surface area contributed by atoms with Crippen molar-refractivity contribution in [3.63, 3.8) is 0 Å². The average Bonchev–Trinajstić information content (AvgIpc) is 2.85. The molecule has 3 rings (SSSR count). The third-order valence-electron chi connectivity index (χ3n) is 3.70. The first-order valence-electron chi connectivity index (χ1n) is 6.74. The Bertz CT molecular complexity index is 931. The predicted molar refractivity (Wildman–Crippen MR) is 80.4 cm³/mol. The van der Waals surface area contributed by atoms with Crippen molar-refractivity contribution in [3.8, 4) is 0 Å². The van der Waals surface area contributed by atoms with Gasteiger partial charge in [-0.25, -0.2) is 4.79 Å². The van der Waals surface area contributed by atoms with Crippen LogP contribution < -0.4 is 5.63 Å². The van der Waals surface area contributed by atoms with Crippen LogP contribution in [-0.2, 0) is 6.42 Å². The highest BCUT2D eigenvalue weighted by Crippen LogP contribution is 2.33. The van der Waals surface area contributed by atoms with Crippen molar-refractivity contribution in [2.45, 2.75) is 27.2 Å². The van der Waals surface area contributed by atoms with E-state index in [2.05, 4.69) is 5.16 Å². The van der Waals surface area contributed by atoms with E-state index in [0.29, 0.717) is 29.1 Å². The van der Waals surface area contributed by atoms with E-state index in [1.807, 2.05) is 26.0 Å². The normalized spacial score (nSPS) is 12.4. The Morgan fingerprint density at radius 2 is 2.10 bits per heavy atom. The molecule has 2 heterocycles. The highest BCUT2D eigenvalue weighted by atomic mass is 16.4. The Balaban J connectivity index is 2.55. The van der Waals surface area contributed by atoms with Gasteiger partial charge in [0.05, 0.1) is 5.39 Å². The van der Waals surface area contributed by atoms with Gasteiger partial charge in [-0.05, 0) is 38.0 Å². The smallest absolute Gasteiger partial charge is 0.336 e. The van der Waals surface area contributed by atoms with Crippen molar-refractivity contribution in [1.82, 2.24) is 0 Å². The zero-order chi connectivity index (χ0) is 15.1. The molecule has 0 aliphatic carbocycles. The van der Waals surface area contributed by atoms with Crippen LogP contribution in [0.1, 0.15) is 30.7 Å². The summed E-state index contributed by atoms with van der Waals surface area (Å²) < 4.78 is 11.2. The molecule has 1 N–H and O–H groups in total. The Morgan fingerprint density at radius 1 is 1.33 bits per heavy atom. The highest BCUT2D eigenvalue weighted by Gasteiger charge is 2.19. The summed E-state index contributed by atoms with van der Waals surface area (Å²) in [5.41, 5.74) is 2.89. The Kier molecular flexibility index (Phi) is 3.05. The molecule has 0 spiro atoms. The molecule has 0 fully saturated rings. The van der Waals surface area contributed by atoms with E-state index in [1.54, 1.807) is 6.92 Å². The van der Waals surface area contributed by atoms with Crippen molar-refractivity contribution in [2.24, 2.45) is 5.16 Å². The van der Waals surface area contributed by atoms with Gasteiger partial charge in [0.25, 0.3) is 0 Å². The highest BCUT2D eigenvalue weighted by molar-refractivity contribution is 6.10. The zero-order valence-electron chi connectivity index (χ0n) is 12.1. The van der Waals surface area contributed by atoms with E-state index in [1.165, 1.54) is 6.07 Å². The number of hydrogen-bond acceptors (Lipinski definition) is 5. The van der Waals surface area contributed by atoms with Gasteiger partial charge < -0.3 is 14.0 Å². The van der Waals surface area contributed by atoms with Crippen molar-refractivity contribution in [3.05, 3.63) is 45.5 Å². The Labute approximate surface area is 120 Å². The SMILES string of the molecule is CCc1c(/C(C)=N\O)oc2ccc3c(C)cc(=O)oc3c12. The molecule has 108 valence electrons. The van der Waals surface area contributed by atoms with Crippen molar-refractivity contribution in [1.29, 1.82) is 0 Å². The van der Waals surface area contributed by atoms with E-state index >= 15 is 0 Å². The van der Waals surface area contributed by atoms with Gasteiger partial charge >= 0.3 is 5.63 Å². The lowest BCUT2D eigenvalue weighted by atomic mass is 10.0. The minimum Gasteiger partial charge on any atom is -0.454 e. The minimum atomic E-state index is -0.384. The fourth-order valence-electron chi connectivity index (χ4n) is 2.70. The summed E-state index contributed by atoms with van der Waals surface area (Å²) in [7, 11) is 0. The first-order chi connectivity index (χ1) is 10.1. The maximum Gasteiger partial charge on any atom is 0.336 e. The molecule has 0 saturated heterocycles. The lowest BCUT2D eigenvalue weighted by molar-refractivity contribution is 0.318. The summed E-state index contributed by atoms with van der Waals surface area (Å²) in [6, 6.07) is 5.19. The third kappa shape index (κ3) is 1.93. The van der Waals surface area contributed by atoms with E-state index < -0.39 is 0 Å². The largest absolute Gasteiger partial charge is 0.454 e. The number of rotatable bonds is 2. The molecule has 0 radical (unpaired) electrons. The van der Waals surface area contributed by atoms with Crippen LogP contribution >= 0.6 is 0 Å². The number of nitrogens with zero attached hydrogens (tertiary/aromatic N) is 1. The molecule has 0 atom stereocenters. The average molecular weight is 285 g/mol. The lowest BCUT2D eigenvalue weighted by Gasteiger charge is -2.02. The second-order valence-electron chi connectivity index (χ2n) is 5.01. The standard InChI is InChI=1S/C16H15NO4/c1-4-10-14-12(20-15(10)9(3)17-19)6-5-11-8(2)7-13(18)21-16(11)14/h5-7,19H,4H2,1-3H3/b17-9-. The molecular weight excluding hydrogens is 270 g/mol. The molecule has 0 aliphatic heterocycles. The summed E-state index contributed by atoms with van der Waals surface area (Å²) in [6.45, 7) is 5.52. The van der Waals surface area contributed by atoms with Crippen molar-refractivity contribution < 1.29 is 14.0 Å². The van der Waals surface area contributed by atoms with Crippen LogP contribution in [0.3, 0.4) is 0 Å². The maximum absolute atomic E-state index is 11.7. The summed E-state index contributed by atoms with van der Waals surface area (Å²) >= 11 is 0. The fraction of sp³-hybridized carbons (Fsp3) is 0.250. The van der Waals surface area contributed by atoms with Crippen LogP contribution in [0.5, 0.6) is 0 Å². The number of hydrogen-bond donors (Lipinski definition) is 1. The van der Waals surface area contributed by atoms with Gasteiger partial charge in [0, 0.05) is 17.0 Å². The van der Waals surface area contributed by atoms with Gasteiger partial charge in [0.1, 0.15) is 16.9 Å². The molecule has 0 aliphatic rings. The molecule has 5 heteroatoms. The second kappa shape index (κ2) is 4.77. The quantitative estimate of drug-likeness (QED) is 0.338. The van der Waals surface area contributed by atoms with Gasteiger partial charge in [-0.15, -0.1) is 0 Å². The van der Waals surface area contributed by atoms with Crippen LogP contribution in [0.4, 0.5) is 0 Å². The van der Waals surface area contributed by atoms with Gasteiger partial charge in [0.2, 0.25) is 0 Å². The van der Waals surface area contributed by atoms with Crippen LogP contribution in [0.15, 0.2) is 37.0 Å². The topological polar surface area (TPSA) is 75.9 Å². The zero-order valence-corrected chi connectivity index (χ0v) is 12.1. The van der Waals surface area contributed by atoms with E-state index in [9.17, 15) is 4.79 Å². The van der Waals surface area contributed by atoms with E-state index in [4.69, 9.17) is 14.0 Å². The molecule has 0 bridgehead atoms. The molecule has 3 aromatic rings. The lowest BCUT2D eigenvalue weighted by Crippen LogP contribution is -1.99. The van der Waals surface area contributed by atoms with Gasteiger partial charge in [0.15, 0.2) is 5.76 Å². The molecule has 0 unspecified atom stereocenters. The van der Waals surface area contributed by atoms with Crippen LogP contribution in [-0.4, -0.2) is 10.9 Å². The van der Waals surface area contributed by atoms with Crippen LogP contribution in [0.2, 0.25) is 0 Å². The number of oxime groups is 1. The summed E-state index contributed by atoms with van der Waals surface area (Å²) in [6.07, 6.45) is 0.673.